The van der Waals surface area contributed by atoms with E-state index in [2.05, 4.69) is 37.3 Å². The van der Waals surface area contributed by atoms with E-state index in [1.165, 1.54) is 5.56 Å². The Balaban J connectivity index is 1.34. The minimum atomic E-state index is -0.982. The molecule has 1 aromatic carbocycles. The number of fused-ring (bicyclic) bond motifs is 2. The molecule has 0 heterocycles. The van der Waals surface area contributed by atoms with Crippen LogP contribution in [0.2, 0.25) is 0 Å². The average molecular weight is 431 g/mol. The molecule has 2 bridgehead atoms. The number of hydrogen-bond acceptors (Lipinski definition) is 4. The molecule has 3 nitrogen and oxygen atoms in total. The Morgan fingerprint density at radius 3 is 2.50 bits per heavy atom. The van der Waals surface area contributed by atoms with Crippen molar-refractivity contribution in [3.05, 3.63) is 35.9 Å². The zero-order valence-corrected chi connectivity index (χ0v) is 19.3. The summed E-state index contributed by atoms with van der Waals surface area (Å²) in [5.74, 6) is 3.01. The van der Waals surface area contributed by atoms with E-state index in [0.717, 1.165) is 56.5 Å². The van der Waals surface area contributed by atoms with Gasteiger partial charge >= 0.3 is 0 Å². The lowest BCUT2D eigenvalue weighted by Gasteiger charge is -2.65. The quantitative estimate of drug-likeness (QED) is 0.643. The SMILES string of the molecule is C[C@@]1(O)[C@H](O)CC[C@@]2(C)[C@H]1CC[C@H]1C[C@@H]3CC12CC[C@]3(O)CSCc1ccccc1. The van der Waals surface area contributed by atoms with Crippen molar-refractivity contribution in [3.8, 4) is 0 Å². The van der Waals surface area contributed by atoms with Crippen molar-refractivity contribution >= 4 is 11.8 Å². The van der Waals surface area contributed by atoms with Gasteiger partial charge in [-0.3, -0.25) is 0 Å². The van der Waals surface area contributed by atoms with Crippen LogP contribution in [-0.2, 0) is 5.75 Å². The third kappa shape index (κ3) is 2.97. The van der Waals surface area contributed by atoms with E-state index in [9.17, 15) is 15.3 Å². The molecule has 30 heavy (non-hydrogen) atoms. The maximum absolute atomic E-state index is 11.7. The highest BCUT2D eigenvalue weighted by molar-refractivity contribution is 7.98. The molecule has 1 unspecified atom stereocenters. The maximum atomic E-state index is 11.7. The molecule has 4 saturated carbocycles. The Kier molecular flexibility index (Phi) is 5.13. The maximum Gasteiger partial charge on any atom is 0.0910 e. The third-order valence-electron chi connectivity index (χ3n) is 10.2. The van der Waals surface area contributed by atoms with Crippen LogP contribution in [0.25, 0.3) is 0 Å². The van der Waals surface area contributed by atoms with Gasteiger partial charge in [-0.15, -0.1) is 0 Å². The number of aliphatic hydroxyl groups excluding tert-OH is 1. The molecule has 0 aromatic heterocycles. The first kappa shape index (κ1) is 21.3. The van der Waals surface area contributed by atoms with Gasteiger partial charge < -0.3 is 15.3 Å². The summed E-state index contributed by atoms with van der Waals surface area (Å²) < 4.78 is 0. The Bertz CT molecular complexity index is 782. The molecule has 8 atom stereocenters. The Morgan fingerprint density at radius 1 is 0.967 bits per heavy atom. The summed E-state index contributed by atoms with van der Waals surface area (Å²) in [5.41, 5.74) is 0.110. The van der Waals surface area contributed by atoms with E-state index in [4.69, 9.17) is 0 Å². The molecule has 3 N–H and O–H groups in total. The molecule has 1 aromatic rings. The lowest BCUT2D eigenvalue weighted by molar-refractivity contribution is -0.233. The highest BCUT2D eigenvalue weighted by Crippen LogP contribution is 2.74. The molecule has 0 amide bonds. The zero-order chi connectivity index (χ0) is 21.2. The summed E-state index contributed by atoms with van der Waals surface area (Å²) in [6.07, 6.45) is 7.51. The molecule has 0 saturated heterocycles. The fourth-order valence-electron chi connectivity index (χ4n) is 8.46. The van der Waals surface area contributed by atoms with Gasteiger partial charge in [0.05, 0.1) is 17.3 Å². The molecule has 1 spiro atoms. The van der Waals surface area contributed by atoms with Gasteiger partial charge in [0, 0.05) is 11.5 Å². The standard InChI is InChI=1S/C26H38O3S/c1-23-11-10-22(27)24(2,28)21(23)9-8-19-14-20-15-25(19,23)12-13-26(20,29)17-30-16-18-6-4-3-5-7-18/h3-7,19-22,27-29H,8-17H2,1-2H3/t19-,20+,21+,22+,23-,24-,25?,26-/m0/s1. The average Bonchev–Trinajstić information content (AvgIpc) is 3.07. The smallest absolute Gasteiger partial charge is 0.0910 e. The van der Waals surface area contributed by atoms with Crippen LogP contribution >= 0.6 is 11.8 Å². The zero-order valence-electron chi connectivity index (χ0n) is 18.5. The van der Waals surface area contributed by atoms with Crippen molar-refractivity contribution in [1.29, 1.82) is 0 Å². The minimum absolute atomic E-state index is 0.0753. The fraction of sp³-hybridized carbons (Fsp3) is 0.769. The molecule has 4 heteroatoms. The molecule has 5 rings (SSSR count). The van der Waals surface area contributed by atoms with Crippen LogP contribution in [0.5, 0.6) is 0 Å². The summed E-state index contributed by atoms with van der Waals surface area (Å²) in [6.45, 7) is 4.30. The van der Waals surface area contributed by atoms with Crippen LogP contribution in [0.15, 0.2) is 30.3 Å². The predicted octanol–water partition coefficient (Wildman–Crippen LogP) is 4.78. The summed E-state index contributed by atoms with van der Waals surface area (Å²) in [6, 6.07) is 10.6. The Morgan fingerprint density at radius 2 is 1.73 bits per heavy atom. The van der Waals surface area contributed by atoms with Crippen LogP contribution in [0.1, 0.15) is 70.8 Å². The predicted molar refractivity (Wildman–Crippen MR) is 122 cm³/mol. The fourth-order valence-corrected chi connectivity index (χ4v) is 9.73. The number of rotatable bonds is 4. The lowest BCUT2D eigenvalue weighted by atomic mass is 9.41. The van der Waals surface area contributed by atoms with Crippen molar-refractivity contribution in [2.24, 2.45) is 28.6 Å². The first-order chi connectivity index (χ1) is 14.2. The van der Waals surface area contributed by atoms with Crippen molar-refractivity contribution in [3.63, 3.8) is 0 Å². The van der Waals surface area contributed by atoms with Gasteiger partial charge in [0.25, 0.3) is 0 Å². The second-order valence-electron chi connectivity index (χ2n) is 11.4. The first-order valence-corrected chi connectivity index (χ1v) is 13.1. The number of hydrogen-bond donors (Lipinski definition) is 3. The van der Waals surface area contributed by atoms with E-state index in [1.807, 2.05) is 18.7 Å². The van der Waals surface area contributed by atoms with Crippen LogP contribution in [0.4, 0.5) is 0 Å². The van der Waals surface area contributed by atoms with Crippen molar-refractivity contribution in [2.45, 2.75) is 88.3 Å². The molecule has 0 radical (unpaired) electrons. The van der Waals surface area contributed by atoms with Crippen LogP contribution < -0.4 is 0 Å². The van der Waals surface area contributed by atoms with Crippen LogP contribution in [-0.4, -0.2) is 38.4 Å². The van der Waals surface area contributed by atoms with Gasteiger partial charge in [0.1, 0.15) is 0 Å². The number of aliphatic hydroxyl groups is 3. The summed E-state index contributed by atoms with van der Waals surface area (Å²) in [7, 11) is 0. The first-order valence-electron chi connectivity index (χ1n) is 12.0. The largest absolute Gasteiger partial charge is 0.390 e. The van der Waals surface area contributed by atoms with E-state index < -0.39 is 17.3 Å². The van der Waals surface area contributed by atoms with Crippen molar-refractivity contribution in [1.82, 2.24) is 0 Å². The summed E-state index contributed by atoms with van der Waals surface area (Å²) >= 11 is 1.88. The van der Waals surface area contributed by atoms with E-state index >= 15 is 0 Å². The van der Waals surface area contributed by atoms with Crippen molar-refractivity contribution in [2.75, 3.05) is 5.75 Å². The molecule has 4 aliphatic rings. The normalized spacial score (nSPS) is 50.0. The van der Waals surface area contributed by atoms with Gasteiger partial charge in [0.15, 0.2) is 0 Å². The number of benzene rings is 1. The Hall–Kier alpha value is -0.550. The van der Waals surface area contributed by atoms with E-state index in [1.54, 1.807) is 0 Å². The van der Waals surface area contributed by atoms with Crippen LogP contribution in [0.3, 0.4) is 0 Å². The lowest BCUT2D eigenvalue weighted by Crippen LogP contribution is -2.65. The third-order valence-corrected chi connectivity index (χ3v) is 11.5. The molecule has 4 fully saturated rings. The summed E-state index contributed by atoms with van der Waals surface area (Å²) in [4.78, 5) is 0. The molecule has 166 valence electrons. The van der Waals surface area contributed by atoms with E-state index in [0.29, 0.717) is 18.3 Å². The molecular weight excluding hydrogens is 392 g/mol. The highest BCUT2D eigenvalue weighted by Gasteiger charge is 2.70. The van der Waals surface area contributed by atoms with Crippen LogP contribution in [0, 0.1) is 28.6 Å². The Labute approximate surface area is 185 Å². The molecule has 4 aliphatic carbocycles. The second kappa shape index (κ2) is 7.23. The number of thioether (sulfide) groups is 1. The minimum Gasteiger partial charge on any atom is -0.390 e. The van der Waals surface area contributed by atoms with Gasteiger partial charge in [-0.2, -0.15) is 11.8 Å². The topological polar surface area (TPSA) is 60.7 Å². The second-order valence-corrected chi connectivity index (χ2v) is 12.4. The highest BCUT2D eigenvalue weighted by atomic mass is 32.2. The van der Waals surface area contributed by atoms with E-state index in [-0.39, 0.29) is 16.7 Å². The monoisotopic (exact) mass is 430 g/mol. The molecule has 0 aliphatic heterocycles. The summed E-state index contributed by atoms with van der Waals surface area (Å²) in [5, 5.41) is 33.5. The van der Waals surface area contributed by atoms with Gasteiger partial charge in [-0.25, -0.2) is 0 Å². The van der Waals surface area contributed by atoms with Gasteiger partial charge in [-0.1, -0.05) is 37.3 Å². The van der Waals surface area contributed by atoms with Gasteiger partial charge in [-0.05, 0) is 92.4 Å². The molecular formula is C26H38O3S. The van der Waals surface area contributed by atoms with Gasteiger partial charge in [0.2, 0.25) is 0 Å². The van der Waals surface area contributed by atoms with Crippen molar-refractivity contribution < 1.29 is 15.3 Å².